The van der Waals surface area contributed by atoms with Gasteiger partial charge in [0.1, 0.15) is 11.2 Å². The van der Waals surface area contributed by atoms with Gasteiger partial charge in [0, 0.05) is 71.1 Å². The second kappa shape index (κ2) is 14.3. The van der Waals surface area contributed by atoms with Gasteiger partial charge in [-0.2, -0.15) is 0 Å². The van der Waals surface area contributed by atoms with Crippen LogP contribution in [0.25, 0.3) is 64.4 Å². The molecule has 58 heavy (non-hydrogen) atoms. The molecule has 0 aliphatic carbocycles. The van der Waals surface area contributed by atoms with Crippen molar-refractivity contribution in [1.82, 2.24) is 0 Å². The number of thiophene rings is 1. The summed E-state index contributed by atoms with van der Waals surface area (Å²) in [6, 6.07) is 78.1. The van der Waals surface area contributed by atoms with E-state index in [0.717, 1.165) is 67.2 Å². The van der Waals surface area contributed by atoms with Gasteiger partial charge in [0.25, 0.3) is 0 Å². The highest BCUT2D eigenvalue weighted by atomic mass is 32.1. The predicted molar refractivity (Wildman–Crippen MR) is 247 cm³/mol. The Kier molecular flexibility index (Phi) is 8.34. The van der Waals surface area contributed by atoms with Crippen LogP contribution in [0.2, 0.25) is 0 Å². The first kappa shape index (κ1) is 33.9. The van der Waals surface area contributed by atoms with Crippen molar-refractivity contribution in [3.63, 3.8) is 0 Å². The third-order valence-electron chi connectivity index (χ3n) is 11.0. The van der Waals surface area contributed by atoms with Crippen molar-refractivity contribution < 1.29 is 4.42 Å². The number of hydrogen-bond acceptors (Lipinski definition) is 4. The van der Waals surface area contributed by atoms with Gasteiger partial charge in [-0.3, -0.25) is 0 Å². The van der Waals surface area contributed by atoms with Crippen molar-refractivity contribution in [2.75, 3.05) is 9.80 Å². The number of rotatable bonds is 8. The van der Waals surface area contributed by atoms with Crippen molar-refractivity contribution in [2.24, 2.45) is 0 Å². The molecule has 11 aromatic rings. The topological polar surface area (TPSA) is 19.6 Å². The molecule has 0 bridgehead atoms. The summed E-state index contributed by atoms with van der Waals surface area (Å²) in [5, 5.41) is 4.71. The Labute approximate surface area is 340 Å². The van der Waals surface area contributed by atoms with E-state index in [1.165, 1.54) is 31.3 Å². The number of fused-ring (bicyclic) bond motifs is 6. The lowest BCUT2D eigenvalue weighted by Gasteiger charge is -2.27. The Morgan fingerprint density at radius 3 is 1.43 bits per heavy atom. The minimum Gasteiger partial charge on any atom is -0.456 e. The molecular formula is C54H36N2OS. The summed E-state index contributed by atoms with van der Waals surface area (Å²) in [4.78, 5) is 4.71. The normalized spacial score (nSPS) is 11.4. The van der Waals surface area contributed by atoms with Gasteiger partial charge in [-0.25, -0.2) is 0 Å². The smallest absolute Gasteiger partial charge is 0.137 e. The van der Waals surface area contributed by atoms with E-state index in [4.69, 9.17) is 4.42 Å². The zero-order valence-electron chi connectivity index (χ0n) is 31.5. The van der Waals surface area contributed by atoms with E-state index in [1.54, 1.807) is 0 Å². The van der Waals surface area contributed by atoms with Crippen LogP contribution in [0.15, 0.2) is 223 Å². The van der Waals surface area contributed by atoms with Gasteiger partial charge in [0.15, 0.2) is 0 Å². The SMILES string of the molecule is c1ccc(-c2cc(-c3ccccc3)cc(N(c3ccc4c(c3)oc3ccccc34)c3ccc4c(c3)sc3ccc(N(c5ccccc5)c5ccccc5)cc34)c2)cc1. The third kappa shape index (κ3) is 6.08. The molecule has 0 unspecified atom stereocenters. The molecule has 0 saturated heterocycles. The first-order chi connectivity index (χ1) is 28.7. The second-order valence-corrected chi connectivity index (χ2v) is 15.7. The highest BCUT2D eigenvalue weighted by Crippen LogP contribution is 2.45. The molecule has 0 aliphatic heterocycles. The van der Waals surface area contributed by atoms with Crippen LogP contribution in [0.1, 0.15) is 0 Å². The molecule has 274 valence electrons. The lowest BCUT2D eigenvalue weighted by atomic mass is 9.97. The monoisotopic (exact) mass is 760 g/mol. The molecular weight excluding hydrogens is 725 g/mol. The molecule has 0 atom stereocenters. The zero-order chi connectivity index (χ0) is 38.4. The molecule has 0 fully saturated rings. The minimum atomic E-state index is 0.864. The van der Waals surface area contributed by atoms with Gasteiger partial charge in [0.05, 0.1) is 0 Å². The number of nitrogens with zero attached hydrogens (tertiary/aromatic N) is 2. The molecule has 11 rings (SSSR count). The number of furan rings is 1. The fraction of sp³-hybridized carbons (Fsp3) is 0. The molecule has 9 aromatic carbocycles. The van der Waals surface area contributed by atoms with Crippen LogP contribution in [0, 0.1) is 0 Å². The first-order valence-corrected chi connectivity index (χ1v) is 20.4. The summed E-state index contributed by atoms with van der Waals surface area (Å²) >= 11 is 1.84. The van der Waals surface area contributed by atoms with Crippen LogP contribution < -0.4 is 9.80 Å². The Morgan fingerprint density at radius 2 is 0.776 bits per heavy atom. The molecule has 0 amide bonds. The molecule has 0 radical (unpaired) electrons. The number of benzene rings is 9. The summed E-state index contributed by atoms with van der Waals surface area (Å²) in [5.74, 6) is 0. The Bertz CT molecular complexity index is 3130. The fourth-order valence-electron chi connectivity index (χ4n) is 8.27. The van der Waals surface area contributed by atoms with Crippen molar-refractivity contribution >= 4 is 87.6 Å². The molecule has 3 nitrogen and oxygen atoms in total. The fourth-order valence-corrected chi connectivity index (χ4v) is 9.39. The summed E-state index contributed by atoms with van der Waals surface area (Å²) in [7, 11) is 0. The van der Waals surface area contributed by atoms with Crippen LogP contribution in [-0.4, -0.2) is 0 Å². The van der Waals surface area contributed by atoms with E-state index in [2.05, 4.69) is 216 Å². The maximum Gasteiger partial charge on any atom is 0.137 e. The Morgan fingerprint density at radius 1 is 0.276 bits per heavy atom. The maximum atomic E-state index is 6.48. The first-order valence-electron chi connectivity index (χ1n) is 19.6. The van der Waals surface area contributed by atoms with E-state index in [9.17, 15) is 0 Å². The predicted octanol–water partition coefficient (Wildman–Crippen LogP) is 16.2. The lowest BCUT2D eigenvalue weighted by Crippen LogP contribution is -2.10. The van der Waals surface area contributed by atoms with E-state index in [0.29, 0.717) is 0 Å². The van der Waals surface area contributed by atoms with E-state index < -0.39 is 0 Å². The second-order valence-electron chi connectivity index (χ2n) is 14.6. The Balaban J connectivity index is 1.10. The highest BCUT2D eigenvalue weighted by Gasteiger charge is 2.20. The van der Waals surface area contributed by atoms with E-state index >= 15 is 0 Å². The maximum absolute atomic E-state index is 6.48. The molecule has 0 spiro atoms. The van der Waals surface area contributed by atoms with Gasteiger partial charge < -0.3 is 14.2 Å². The van der Waals surface area contributed by atoms with E-state index in [1.807, 2.05) is 23.5 Å². The lowest BCUT2D eigenvalue weighted by molar-refractivity contribution is 0.669. The summed E-state index contributed by atoms with van der Waals surface area (Å²) in [6.07, 6.45) is 0. The van der Waals surface area contributed by atoms with Crippen LogP contribution in [0.4, 0.5) is 34.1 Å². The average Bonchev–Trinajstić information content (AvgIpc) is 3.85. The van der Waals surface area contributed by atoms with Crippen molar-refractivity contribution in [2.45, 2.75) is 0 Å². The molecule has 0 saturated carbocycles. The summed E-state index contributed by atoms with van der Waals surface area (Å²) in [6.45, 7) is 0. The van der Waals surface area contributed by atoms with Crippen molar-refractivity contribution in [3.05, 3.63) is 218 Å². The van der Waals surface area contributed by atoms with Crippen LogP contribution in [-0.2, 0) is 0 Å². The van der Waals surface area contributed by atoms with Gasteiger partial charge in [-0.15, -0.1) is 11.3 Å². The van der Waals surface area contributed by atoms with Crippen LogP contribution >= 0.6 is 11.3 Å². The highest BCUT2D eigenvalue weighted by molar-refractivity contribution is 7.25. The third-order valence-corrected chi connectivity index (χ3v) is 12.1. The summed E-state index contributed by atoms with van der Waals surface area (Å²) < 4.78 is 8.96. The molecule has 0 N–H and O–H groups in total. The van der Waals surface area contributed by atoms with Gasteiger partial charge >= 0.3 is 0 Å². The Hall–Kier alpha value is -7.40. The van der Waals surface area contributed by atoms with Crippen LogP contribution in [0.3, 0.4) is 0 Å². The zero-order valence-corrected chi connectivity index (χ0v) is 32.3. The van der Waals surface area contributed by atoms with Gasteiger partial charge in [0.2, 0.25) is 0 Å². The van der Waals surface area contributed by atoms with Crippen molar-refractivity contribution in [1.29, 1.82) is 0 Å². The standard InChI is InChI=1S/C54H36N2OS/c1-5-15-37(16-6-1)39-31-40(38-17-7-2-8-18-38)33-46(32-39)56(44-25-28-48-47-23-13-14-24-51(47)57-52(48)35-44)45-26-29-49-50-34-43(27-30-53(50)58-54(49)36-45)55(41-19-9-3-10-20-41)42-21-11-4-12-22-42/h1-36H. The molecule has 2 heterocycles. The average molecular weight is 761 g/mol. The number of anilines is 6. The summed E-state index contributed by atoms with van der Waals surface area (Å²) in [5.41, 5.74) is 13.0. The minimum absolute atomic E-state index is 0.864. The number of para-hydroxylation sites is 3. The molecule has 0 aliphatic rings. The van der Waals surface area contributed by atoms with E-state index in [-0.39, 0.29) is 0 Å². The quantitative estimate of drug-likeness (QED) is 0.154. The van der Waals surface area contributed by atoms with Crippen LogP contribution in [0.5, 0.6) is 0 Å². The largest absolute Gasteiger partial charge is 0.456 e. The van der Waals surface area contributed by atoms with Gasteiger partial charge in [-0.05, 0) is 113 Å². The molecule has 4 heteroatoms. The molecule has 2 aromatic heterocycles. The van der Waals surface area contributed by atoms with Gasteiger partial charge in [-0.1, -0.05) is 121 Å². The van der Waals surface area contributed by atoms with Crippen molar-refractivity contribution in [3.8, 4) is 22.3 Å². The number of hydrogen-bond donors (Lipinski definition) is 0.